The van der Waals surface area contributed by atoms with Gasteiger partial charge in [0, 0.05) is 38.3 Å². The summed E-state index contributed by atoms with van der Waals surface area (Å²) in [6.45, 7) is 2.24. The molecule has 0 radical (unpaired) electrons. The van der Waals surface area contributed by atoms with Crippen LogP contribution in [0.2, 0.25) is 0 Å². The number of nitro benzene ring substituents is 1. The fraction of sp³-hybridized carbons (Fsp3) is 0.647. The molecule has 2 aliphatic carbocycles. The van der Waals surface area contributed by atoms with Crippen LogP contribution >= 0.6 is 0 Å². The molecule has 1 saturated heterocycles. The Morgan fingerprint density at radius 2 is 1.76 bits per heavy atom. The molecule has 1 aromatic carbocycles. The van der Waals surface area contributed by atoms with E-state index in [1.165, 1.54) is 54.3 Å². The number of para-hydroxylation sites is 1. The van der Waals surface area contributed by atoms with Crippen molar-refractivity contribution in [2.75, 3.05) is 26.2 Å². The fourth-order valence-electron chi connectivity index (χ4n) is 4.90. The summed E-state index contributed by atoms with van der Waals surface area (Å²) in [4.78, 5) is 12.8. The van der Waals surface area contributed by atoms with Crippen LogP contribution in [-0.2, 0) is 10.0 Å². The number of hydrogen-bond donors (Lipinski definition) is 0. The number of benzene rings is 1. The van der Waals surface area contributed by atoms with Gasteiger partial charge in [-0.3, -0.25) is 15.0 Å². The first-order valence-electron chi connectivity index (χ1n) is 8.94. The Hall–Kier alpha value is -1.51. The number of nitro groups is 1. The van der Waals surface area contributed by atoms with E-state index in [4.69, 9.17) is 0 Å². The average molecular weight is 365 g/mol. The Morgan fingerprint density at radius 1 is 1.04 bits per heavy atom. The van der Waals surface area contributed by atoms with Gasteiger partial charge in [-0.25, -0.2) is 8.42 Å². The summed E-state index contributed by atoms with van der Waals surface area (Å²) in [5.41, 5.74) is -0.349. The molecule has 0 amide bonds. The number of rotatable bonds is 4. The molecule has 136 valence electrons. The van der Waals surface area contributed by atoms with Gasteiger partial charge in [-0.15, -0.1) is 0 Å². The number of sulfonamides is 1. The van der Waals surface area contributed by atoms with Gasteiger partial charge in [0.15, 0.2) is 4.90 Å². The highest BCUT2D eigenvalue weighted by molar-refractivity contribution is 7.89. The summed E-state index contributed by atoms with van der Waals surface area (Å²) in [5, 5.41) is 11.2. The number of piperazine rings is 1. The first-order valence-corrected chi connectivity index (χ1v) is 10.4. The molecular formula is C17H23N3O4S. The Morgan fingerprint density at radius 3 is 2.36 bits per heavy atom. The summed E-state index contributed by atoms with van der Waals surface area (Å²) in [5.74, 6) is 1.65. The second-order valence-electron chi connectivity index (χ2n) is 7.41. The van der Waals surface area contributed by atoms with Crippen molar-refractivity contribution in [1.29, 1.82) is 0 Å². The number of nitrogens with zero attached hydrogens (tertiary/aromatic N) is 3. The molecule has 0 spiro atoms. The van der Waals surface area contributed by atoms with E-state index >= 15 is 0 Å². The van der Waals surface area contributed by atoms with Crippen LogP contribution in [0.15, 0.2) is 29.2 Å². The maximum absolute atomic E-state index is 12.9. The predicted octanol–water partition coefficient (Wildman–Crippen LogP) is 2.09. The van der Waals surface area contributed by atoms with Crippen LogP contribution in [0.5, 0.6) is 0 Å². The number of hydrogen-bond acceptors (Lipinski definition) is 5. The van der Waals surface area contributed by atoms with Crippen molar-refractivity contribution in [3.8, 4) is 0 Å². The van der Waals surface area contributed by atoms with Gasteiger partial charge in [-0.05, 0) is 37.2 Å². The van der Waals surface area contributed by atoms with Crippen molar-refractivity contribution in [3.63, 3.8) is 0 Å². The third kappa shape index (κ3) is 2.96. The largest absolute Gasteiger partial charge is 0.297 e. The Kier molecular flexibility index (Phi) is 4.29. The van der Waals surface area contributed by atoms with Crippen molar-refractivity contribution in [3.05, 3.63) is 34.4 Å². The zero-order chi connectivity index (χ0) is 17.6. The van der Waals surface area contributed by atoms with Gasteiger partial charge in [-0.2, -0.15) is 4.31 Å². The lowest BCUT2D eigenvalue weighted by Crippen LogP contribution is -2.53. The molecule has 7 nitrogen and oxygen atoms in total. The van der Waals surface area contributed by atoms with E-state index in [2.05, 4.69) is 4.90 Å². The van der Waals surface area contributed by atoms with Crippen molar-refractivity contribution >= 4 is 15.7 Å². The van der Waals surface area contributed by atoms with Gasteiger partial charge >= 0.3 is 0 Å². The molecule has 1 heterocycles. The molecule has 2 saturated carbocycles. The highest BCUT2D eigenvalue weighted by Gasteiger charge is 2.43. The fourth-order valence-corrected chi connectivity index (χ4v) is 6.48. The zero-order valence-corrected chi connectivity index (χ0v) is 14.9. The van der Waals surface area contributed by atoms with Crippen molar-refractivity contribution in [2.24, 2.45) is 11.8 Å². The van der Waals surface area contributed by atoms with Gasteiger partial charge in [0.25, 0.3) is 5.69 Å². The third-order valence-corrected chi connectivity index (χ3v) is 8.07. The normalized spacial score (nSPS) is 30.6. The summed E-state index contributed by atoms with van der Waals surface area (Å²) in [6, 6.07) is 6.21. The van der Waals surface area contributed by atoms with E-state index in [9.17, 15) is 18.5 Å². The van der Waals surface area contributed by atoms with Crippen LogP contribution in [0.1, 0.15) is 25.7 Å². The highest BCUT2D eigenvalue weighted by atomic mass is 32.2. The molecule has 3 atom stereocenters. The molecule has 8 heteroatoms. The van der Waals surface area contributed by atoms with Crippen molar-refractivity contribution < 1.29 is 13.3 Å². The Balaban J connectivity index is 1.48. The molecular weight excluding hydrogens is 342 g/mol. The van der Waals surface area contributed by atoms with E-state index in [1.54, 1.807) is 0 Å². The summed E-state index contributed by atoms with van der Waals surface area (Å²) >= 11 is 0. The Bertz CT molecular complexity index is 774. The van der Waals surface area contributed by atoms with Crippen molar-refractivity contribution in [2.45, 2.75) is 36.6 Å². The summed E-state index contributed by atoms with van der Waals surface area (Å²) in [7, 11) is -3.83. The molecule has 3 aliphatic rings. The third-order valence-electron chi connectivity index (χ3n) is 6.12. The lowest BCUT2D eigenvalue weighted by molar-refractivity contribution is -0.387. The quantitative estimate of drug-likeness (QED) is 0.603. The van der Waals surface area contributed by atoms with Gasteiger partial charge in [0.2, 0.25) is 10.0 Å². The maximum atomic E-state index is 12.9. The van der Waals surface area contributed by atoms with Crippen LogP contribution in [0.4, 0.5) is 5.69 Å². The molecule has 25 heavy (non-hydrogen) atoms. The van der Waals surface area contributed by atoms with E-state index < -0.39 is 14.9 Å². The first kappa shape index (κ1) is 16.9. The topological polar surface area (TPSA) is 83.8 Å². The van der Waals surface area contributed by atoms with E-state index in [-0.39, 0.29) is 10.6 Å². The molecule has 1 aromatic rings. The van der Waals surface area contributed by atoms with Gasteiger partial charge in [0.05, 0.1) is 4.92 Å². The lowest BCUT2D eigenvalue weighted by atomic mass is 9.93. The predicted molar refractivity (Wildman–Crippen MR) is 92.7 cm³/mol. The summed E-state index contributed by atoms with van der Waals surface area (Å²) < 4.78 is 27.1. The standard InChI is InChI=1S/C17H23N3O4S/c21-20(22)15-3-1-2-4-17(15)25(23,24)19-9-7-18(8-10-19)16-12-13-5-6-14(16)11-13/h1-4,13-14,16H,5-12H2/t13-,14+,16-/m0/s1. The minimum Gasteiger partial charge on any atom is -0.297 e. The lowest BCUT2D eigenvalue weighted by Gasteiger charge is -2.40. The van der Waals surface area contributed by atoms with E-state index in [0.29, 0.717) is 32.2 Å². The zero-order valence-electron chi connectivity index (χ0n) is 14.1. The number of fused-ring (bicyclic) bond motifs is 2. The van der Waals surface area contributed by atoms with Crippen LogP contribution in [0, 0.1) is 22.0 Å². The second-order valence-corrected chi connectivity index (χ2v) is 9.31. The monoisotopic (exact) mass is 365 g/mol. The SMILES string of the molecule is O=[N+]([O-])c1ccccc1S(=O)(=O)N1CCN([C@H]2C[C@H]3CC[C@@H]2C3)CC1. The summed E-state index contributed by atoms with van der Waals surface area (Å²) in [6.07, 6.45) is 5.25. The van der Waals surface area contributed by atoms with Gasteiger partial charge in [0.1, 0.15) is 0 Å². The van der Waals surface area contributed by atoms with E-state index in [0.717, 1.165) is 11.8 Å². The van der Waals surface area contributed by atoms with Gasteiger partial charge < -0.3 is 0 Å². The van der Waals surface area contributed by atoms with Crippen LogP contribution in [-0.4, -0.2) is 54.8 Å². The van der Waals surface area contributed by atoms with Crippen LogP contribution in [0.25, 0.3) is 0 Å². The first-order chi connectivity index (χ1) is 12.0. The molecule has 0 unspecified atom stereocenters. The molecule has 0 N–H and O–H groups in total. The molecule has 2 bridgehead atoms. The maximum Gasteiger partial charge on any atom is 0.289 e. The molecule has 3 fully saturated rings. The van der Waals surface area contributed by atoms with Crippen molar-refractivity contribution in [1.82, 2.24) is 9.21 Å². The molecule has 4 rings (SSSR count). The second kappa shape index (κ2) is 6.34. The van der Waals surface area contributed by atoms with Gasteiger partial charge in [-0.1, -0.05) is 18.6 Å². The molecule has 0 aromatic heterocycles. The minimum absolute atomic E-state index is 0.201. The van der Waals surface area contributed by atoms with E-state index in [1.807, 2.05) is 0 Å². The smallest absolute Gasteiger partial charge is 0.289 e. The van der Waals surface area contributed by atoms with Crippen LogP contribution in [0.3, 0.4) is 0 Å². The Labute approximate surface area is 147 Å². The minimum atomic E-state index is -3.83. The highest BCUT2D eigenvalue weighted by Crippen LogP contribution is 2.46. The van der Waals surface area contributed by atoms with Crippen LogP contribution < -0.4 is 0 Å². The average Bonchev–Trinajstić information content (AvgIpc) is 3.25. The molecule has 1 aliphatic heterocycles.